The fraction of sp³-hybridized carbons (Fsp3) is 0.600. The molecule has 0 spiro atoms. The van der Waals surface area contributed by atoms with Crippen LogP contribution >= 0.6 is 0 Å². The molecule has 0 bridgehead atoms. The van der Waals surface area contributed by atoms with Gasteiger partial charge in [0.05, 0.1) is 13.2 Å². The van der Waals surface area contributed by atoms with Gasteiger partial charge in [-0.25, -0.2) is 0 Å². The topological polar surface area (TPSA) is 41.9 Å². The third-order valence-electron chi connectivity index (χ3n) is 3.63. The summed E-state index contributed by atoms with van der Waals surface area (Å²) in [5, 5.41) is 9.65. The zero-order chi connectivity index (χ0) is 13.8. The van der Waals surface area contributed by atoms with Gasteiger partial charge in [-0.3, -0.25) is 0 Å². The lowest BCUT2D eigenvalue weighted by atomic mass is 10.1. The smallest absolute Gasteiger partial charge is 0.161 e. The molecule has 0 amide bonds. The fourth-order valence-electron chi connectivity index (χ4n) is 2.33. The third-order valence-corrected chi connectivity index (χ3v) is 3.63. The van der Waals surface area contributed by atoms with Gasteiger partial charge in [-0.2, -0.15) is 0 Å². The number of methoxy groups -OCH3 is 1. The molecule has 1 aliphatic heterocycles. The van der Waals surface area contributed by atoms with Crippen molar-refractivity contribution < 1.29 is 14.6 Å². The maximum absolute atomic E-state index is 9.65. The number of hydrogen-bond donors (Lipinski definition) is 1. The molecule has 19 heavy (non-hydrogen) atoms. The molecule has 1 atom stereocenters. The van der Waals surface area contributed by atoms with Crippen LogP contribution in [0.2, 0.25) is 0 Å². The number of aliphatic hydroxyl groups is 1. The molecule has 1 aromatic rings. The second-order valence-corrected chi connectivity index (χ2v) is 5.21. The summed E-state index contributed by atoms with van der Waals surface area (Å²) in [6.45, 7) is 3.87. The number of piperidine rings is 1. The number of rotatable bonds is 4. The zero-order valence-corrected chi connectivity index (χ0v) is 11.9. The van der Waals surface area contributed by atoms with E-state index < -0.39 is 6.10 Å². The molecular weight excluding hydrogens is 242 g/mol. The number of ether oxygens (including phenoxy) is 2. The molecule has 106 valence electrons. The summed E-state index contributed by atoms with van der Waals surface area (Å²) < 4.78 is 11.4. The Morgan fingerprint density at radius 1 is 1.26 bits per heavy atom. The Hall–Kier alpha value is -1.26. The molecule has 4 nitrogen and oxygen atoms in total. The van der Waals surface area contributed by atoms with Crippen molar-refractivity contribution in [2.24, 2.45) is 0 Å². The first kappa shape index (κ1) is 14.2. The van der Waals surface area contributed by atoms with Crippen LogP contribution in [0.4, 0.5) is 0 Å². The molecule has 0 saturated carbocycles. The van der Waals surface area contributed by atoms with Gasteiger partial charge in [0.1, 0.15) is 6.10 Å². The number of aliphatic hydroxyl groups excluding tert-OH is 1. The van der Waals surface area contributed by atoms with E-state index in [1.54, 1.807) is 14.0 Å². The number of benzene rings is 1. The summed E-state index contributed by atoms with van der Waals surface area (Å²) >= 11 is 0. The molecule has 2 rings (SSSR count). The van der Waals surface area contributed by atoms with E-state index in [1.165, 1.54) is 0 Å². The van der Waals surface area contributed by atoms with Crippen LogP contribution in [0.3, 0.4) is 0 Å². The Balaban J connectivity index is 2.11. The predicted molar refractivity (Wildman–Crippen MR) is 74.8 cm³/mol. The Morgan fingerprint density at radius 3 is 2.53 bits per heavy atom. The number of nitrogens with zero attached hydrogens (tertiary/aromatic N) is 1. The van der Waals surface area contributed by atoms with Crippen LogP contribution in [0.15, 0.2) is 18.2 Å². The Bertz CT molecular complexity index is 412. The van der Waals surface area contributed by atoms with Crippen molar-refractivity contribution in [3.63, 3.8) is 0 Å². The Morgan fingerprint density at radius 2 is 1.95 bits per heavy atom. The lowest BCUT2D eigenvalue weighted by Crippen LogP contribution is -2.35. The first-order valence-corrected chi connectivity index (χ1v) is 6.81. The first-order chi connectivity index (χ1) is 9.10. The summed E-state index contributed by atoms with van der Waals surface area (Å²) in [6.07, 6.45) is 1.79. The third kappa shape index (κ3) is 3.61. The monoisotopic (exact) mass is 265 g/mol. The first-order valence-electron chi connectivity index (χ1n) is 6.81. The van der Waals surface area contributed by atoms with E-state index in [2.05, 4.69) is 11.9 Å². The SMILES string of the molecule is COc1ccc(C(C)O)cc1OC1CCN(C)CC1. The van der Waals surface area contributed by atoms with Gasteiger partial charge in [0.2, 0.25) is 0 Å². The predicted octanol–water partition coefficient (Wildman–Crippen LogP) is 2.22. The second kappa shape index (κ2) is 6.26. The van der Waals surface area contributed by atoms with Crippen molar-refractivity contribution in [3.05, 3.63) is 23.8 Å². The van der Waals surface area contributed by atoms with Crippen LogP contribution < -0.4 is 9.47 Å². The van der Waals surface area contributed by atoms with Crippen LogP contribution in [0.25, 0.3) is 0 Å². The van der Waals surface area contributed by atoms with Gasteiger partial charge in [-0.15, -0.1) is 0 Å². The molecule has 1 aliphatic rings. The molecule has 1 aromatic carbocycles. The molecular formula is C15H23NO3. The molecule has 1 heterocycles. The van der Waals surface area contributed by atoms with Crippen LogP contribution in [0.1, 0.15) is 31.4 Å². The van der Waals surface area contributed by atoms with E-state index in [4.69, 9.17) is 9.47 Å². The largest absolute Gasteiger partial charge is 0.493 e. The lowest BCUT2D eigenvalue weighted by molar-refractivity contribution is 0.110. The summed E-state index contributed by atoms with van der Waals surface area (Å²) in [7, 11) is 3.77. The molecule has 0 aromatic heterocycles. The van der Waals surface area contributed by atoms with Crippen molar-refractivity contribution in [1.29, 1.82) is 0 Å². The van der Waals surface area contributed by atoms with E-state index >= 15 is 0 Å². The molecule has 1 fully saturated rings. The van der Waals surface area contributed by atoms with Crippen molar-refractivity contribution in [2.75, 3.05) is 27.2 Å². The van der Waals surface area contributed by atoms with Gasteiger partial charge in [-0.1, -0.05) is 6.07 Å². The average molecular weight is 265 g/mol. The van der Waals surface area contributed by atoms with E-state index in [9.17, 15) is 5.11 Å². The Labute approximate surface area is 114 Å². The minimum atomic E-state index is -0.495. The van der Waals surface area contributed by atoms with Crippen LogP contribution in [-0.2, 0) is 0 Å². The van der Waals surface area contributed by atoms with Gasteiger partial charge < -0.3 is 19.5 Å². The van der Waals surface area contributed by atoms with E-state index in [0.29, 0.717) is 0 Å². The van der Waals surface area contributed by atoms with Crippen LogP contribution in [-0.4, -0.2) is 43.4 Å². The summed E-state index contributed by atoms with van der Waals surface area (Å²) in [4.78, 5) is 2.31. The molecule has 1 unspecified atom stereocenters. The van der Waals surface area contributed by atoms with Crippen molar-refractivity contribution in [3.8, 4) is 11.5 Å². The summed E-state index contributed by atoms with van der Waals surface area (Å²) in [5.74, 6) is 1.46. The highest BCUT2D eigenvalue weighted by atomic mass is 16.5. The van der Waals surface area contributed by atoms with Crippen molar-refractivity contribution in [2.45, 2.75) is 32.0 Å². The van der Waals surface area contributed by atoms with Gasteiger partial charge >= 0.3 is 0 Å². The number of likely N-dealkylation sites (tertiary alicyclic amines) is 1. The minimum Gasteiger partial charge on any atom is -0.493 e. The zero-order valence-electron chi connectivity index (χ0n) is 11.9. The standard InChI is InChI=1S/C15H23NO3/c1-11(17)12-4-5-14(18-3)15(10-12)19-13-6-8-16(2)9-7-13/h4-5,10-11,13,17H,6-9H2,1-3H3. The van der Waals surface area contributed by atoms with E-state index in [0.717, 1.165) is 43.0 Å². The van der Waals surface area contributed by atoms with Crippen molar-refractivity contribution in [1.82, 2.24) is 4.90 Å². The quantitative estimate of drug-likeness (QED) is 0.906. The molecule has 1 N–H and O–H groups in total. The van der Waals surface area contributed by atoms with Crippen LogP contribution in [0.5, 0.6) is 11.5 Å². The van der Waals surface area contributed by atoms with Gasteiger partial charge in [0.15, 0.2) is 11.5 Å². The maximum atomic E-state index is 9.65. The normalized spacial score (nSPS) is 19.2. The van der Waals surface area contributed by atoms with Gasteiger partial charge in [0, 0.05) is 13.1 Å². The molecule has 4 heteroatoms. The molecule has 0 aliphatic carbocycles. The maximum Gasteiger partial charge on any atom is 0.161 e. The highest BCUT2D eigenvalue weighted by Gasteiger charge is 2.20. The Kier molecular flexibility index (Phi) is 4.66. The number of hydrogen-bond acceptors (Lipinski definition) is 4. The van der Waals surface area contributed by atoms with Crippen molar-refractivity contribution >= 4 is 0 Å². The lowest BCUT2D eigenvalue weighted by Gasteiger charge is -2.29. The van der Waals surface area contributed by atoms with E-state index in [1.807, 2.05) is 18.2 Å². The minimum absolute atomic E-state index is 0.231. The van der Waals surface area contributed by atoms with Crippen LogP contribution in [0, 0.1) is 0 Å². The molecule has 0 radical (unpaired) electrons. The van der Waals surface area contributed by atoms with E-state index in [-0.39, 0.29) is 6.10 Å². The highest BCUT2D eigenvalue weighted by molar-refractivity contribution is 5.43. The summed E-state index contributed by atoms with van der Waals surface area (Å²) in [5.41, 5.74) is 0.851. The second-order valence-electron chi connectivity index (χ2n) is 5.21. The highest BCUT2D eigenvalue weighted by Crippen LogP contribution is 2.32. The van der Waals surface area contributed by atoms with Gasteiger partial charge in [-0.05, 0) is 44.5 Å². The fourth-order valence-corrected chi connectivity index (χ4v) is 2.33. The van der Waals surface area contributed by atoms with Gasteiger partial charge in [0.25, 0.3) is 0 Å². The molecule has 1 saturated heterocycles. The average Bonchev–Trinajstić information content (AvgIpc) is 2.41. The summed E-state index contributed by atoms with van der Waals surface area (Å²) in [6, 6.07) is 5.60.